The molecule has 78 heavy (non-hydrogen) atoms. The van der Waals surface area contributed by atoms with Crippen LogP contribution in [0.5, 0.6) is 0 Å². The third-order valence-electron chi connectivity index (χ3n) is 27.1. The Hall–Kier alpha value is -9.63. The summed E-state index contributed by atoms with van der Waals surface area (Å²) in [5.74, 6) is 0.211. The fourth-order valence-corrected chi connectivity index (χ4v) is 26.9. The molecular weight excluding hydrogens is 943 g/mol. The Morgan fingerprint density at radius 1 is 0.282 bits per heavy atom. The van der Waals surface area contributed by atoms with Gasteiger partial charge in [0.1, 0.15) is 5.54 Å². The Kier molecular flexibility index (Phi) is 2.72. The van der Waals surface area contributed by atoms with Crippen molar-refractivity contribution in [2.45, 2.75) is 30.8 Å². The Bertz CT molecular complexity index is 7770. The topological polar surface area (TPSA) is 20.3 Å². The van der Waals surface area contributed by atoms with Gasteiger partial charge in [0, 0.05) is 22.7 Å². The summed E-state index contributed by atoms with van der Waals surface area (Å²) in [5, 5.41) is 85.6. The quantitative estimate of drug-likeness (QED) is 0.158. The van der Waals surface area contributed by atoms with Gasteiger partial charge in [0.25, 0.3) is 5.91 Å². The highest BCUT2D eigenvalue weighted by atomic mass is 16.2. The maximum atomic E-state index is 17.2. The van der Waals surface area contributed by atoms with Crippen LogP contribution in [-0.4, -0.2) is 16.8 Å². The van der Waals surface area contributed by atoms with E-state index in [2.05, 4.69) is 67.3 Å². The van der Waals surface area contributed by atoms with Crippen molar-refractivity contribution in [1.29, 1.82) is 0 Å². The van der Waals surface area contributed by atoms with E-state index in [1.54, 1.807) is 280 Å². The van der Waals surface area contributed by atoms with Gasteiger partial charge in [-0.2, -0.15) is 0 Å². The molecule has 35 rings (SSSR count). The predicted molar refractivity (Wildman–Crippen MR) is 326 cm³/mol. The molecule has 2 nitrogen and oxygen atoms in total. The summed E-state index contributed by atoms with van der Waals surface area (Å²) in [7, 11) is 0. The average molecular weight is 958 g/mol. The lowest BCUT2D eigenvalue weighted by Crippen LogP contribution is -2.68. The van der Waals surface area contributed by atoms with Crippen LogP contribution in [-0.2, 0) is 11.0 Å². The van der Waals surface area contributed by atoms with Crippen molar-refractivity contribution in [2.75, 3.05) is 0 Å². The van der Waals surface area contributed by atoms with Gasteiger partial charge < -0.3 is 4.90 Å². The molecule has 0 aromatic heterocycles. The van der Waals surface area contributed by atoms with Crippen molar-refractivity contribution in [1.82, 2.24) is 4.90 Å². The van der Waals surface area contributed by atoms with E-state index >= 15 is 4.79 Å². The monoisotopic (exact) mass is 957 g/mol. The molecule has 0 unspecified atom stereocenters. The standard InChI is InChI=1S/C76H15NO/c1-11(2)77-74(78)14-9-8-13(12-6-4-3-5-7-12)10-15(14)75-70-62-54-44-34-26-18-16-17-20-24-22(18)30-38-32(24)42-36-28(20)29-21(17)25-23-19(16)27(26)35-41-31(23)39-33(25)43-37(29)47-46(36)58-52(42)60-50(38)56(48(54)40(30)34)64(70)66(60)72-68(58)69-59(47)53(43)61-51(39)57-49(41)55(45(35)44)63(62)71(75)65(57)67(61)73(69)76(72,75)77/h3-11H,1-2H3. The number of rotatable bonds is 2. The van der Waals surface area contributed by atoms with Crippen LogP contribution in [0.2, 0.25) is 0 Å². The molecule has 2 heteroatoms. The molecule has 1 aliphatic heterocycles. The second kappa shape index (κ2) is 7.04. The zero-order valence-electron chi connectivity index (χ0n) is 40.6. The van der Waals surface area contributed by atoms with E-state index in [0.29, 0.717) is 0 Å². The molecule has 2 spiro atoms. The minimum absolute atomic E-state index is 0.0828. The number of amides is 1. The Balaban J connectivity index is 1.11. The van der Waals surface area contributed by atoms with Crippen LogP contribution in [0.3, 0.4) is 0 Å². The van der Waals surface area contributed by atoms with Gasteiger partial charge in [-0.05, 0) is 345 Å². The molecule has 0 saturated heterocycles. The minimum Gasteiger partial charge on any atom is -0.321 e. The molecular formula is C76H15NO. The molecule has 330 valence electrons. The molecule has 30 aromatic rings. The molecule has 30 aromatic carbocycles. The summed E-state index contributed by atoms with van der Waals surface area (Å²) in [6.07, 6.45) is 0. The zero-order valence-corrected chi connectivity index (χ0v) is 40.6. The zero-order chi connectivity index (χ0) is 47.2. The van der Waals surface area contributed by atoms with Gasteiger partial charge in [-0.15, -0.1) is 0 Å². The van der Waals surface area contributed by atoms with E-state index in [-0.39, 0.29) is 11.9 Å². The first-order chi connectivity index (χ1) is 38.7. The van der Waals surface area contributed by atoms with Gasteiger partial charge in [-0.1, -0.05) is 36.4 Å². The first-order valence-corrected chi connectivity index (χ1v) is 29.0. The number of carbonyl (C=O) groups excluding carboxylic acids is 1. The predicted octanol–water partition coefficient (Wildman–Crippen LogP) is 19.8. The number of hydrogen-bond donors (Lipinski definition) is 0. The maximum Gasteiger partial charge on any atom is 0.255 e. The van der Waals surface area contributed by atoms with E-state index in [1.165, 1.54) is 49.4 Å². The van der Waals surface area contributed by atoms with E-state index in [9.17, 15) is 0 Å². The molecule has 0 atom stereocenters. The molecule has 0 bridgehead atoms. The molecule has 0 saturated carbocycles. The lowest BCUT2D eigenvalue weighted by atomic mass is 9.47. The van der Waals surface area contributed by atoms with Gasteiger partial charge in [0.15, 0.2) is 0 Å². The smallest absolute Gasteiger partial charge is 0.255 e. The van der Waals surface area contributed by atoms with Crippen LogP contribution < -0.4 is 0 Å². The van der Waals surface area contributed by atoms with Gasteiger partial charge in [-0.3, -0.25) is 4.79 Å². The number of benzene rings is 20. The van der Waals surface area contributed by atoms with Crippen LogP contribution in [0, 0.1) is 0 Å². The average Bonchev–Trinajstić information content (AvgIpc) is 1.50. The second-order valence-electron chi connectivity index (χ2n) is 28.1. The summed E-state index contributed by atoms with van der Waals surface area (Å²) in [6.45, 7) is 4.78. The Morgan fingerprint density at radius 2 is 0.526 bits per heavy atom. The third kappa shape index (κ3) is 1.67. The molecule has 0 N–H and O–H groups in total. The van der Waals surface area contributed by atoms with Gasteiger partial charge >= 0.3 is 0 Å². The van der Waals surface area contributed by atoms with Crippen molar-refractivity contribution >= 4 is 297 Å². The first kappa shape index (κ1) is 30.2. The molecule has 5 aliphatic rings. The third-order valence-corrected chi connectivity index (χ3v) is 27.1. The number of nitrogens with zero attached hydrogens (tertiary/aromatic N) is 1. The fraction of sp³-hybridized carbons (Fsp3) is 0.0658. The molecule has 1 amide bonds. The summed E-state index contributed by atoms with van der Waals surface area (Å²) >= 11 is 0. The summed E-state index contributed by atoms with van der Waals surface area (Å²) in [5.41, 5.74) is 9.20. The highest BCUT2D eigenvalue weighted by Crippen LogP contribution is 2.86. The SMILES string of the molecule is CC(C)N1C(=O)c2ccc(-c3ccccc3)cc2C23c4c5c6c7c8c9c(c%10c%11c2c2c4c4c%12c5c5c6c6c8c8c%13c9c9c%10c%10c%11c%11c2c2c4c4c%12c%12c5c5c6c8c6c8c%13c9c9c%10c%10c%11c2c2c4c4c%12c5c6c5c8c9c%10c2c45)C713. The van der Waals surface area contributed by atoms with Crippen LogP contribution >= 0.6 is 0 Å². The summed E-state index contributed by atoms with van der Waals surface area (Å²) in [4.78, 5) is 19.8. The van der Waals surface area contributed by atoms with Crippen molar-refractivity contribution < 1.29 is 4.79 Å². The second-order valence-corrected chi connectivity index (χ2v) is 28.1. The van der Waals surface area contributed by atoms with Gasteiger partial charge in [-0.25, -0.2) is 0 Å². The van der Waals surface area contributed by atoms with Crippen LogP contribution in [0.1, 0.15) is 52.0 Å². The normalized spacial score (nSPS) is 21.4. The molecule has 1 heterocycles. The van der Waals surface area contributed by atoms with E-state index in [1.807, 2.05) is 0 Å². The number of fused-ring (bicyclic) bond motifs is 1. The first-order valence-electron chi connectivity index (χ1n) is 29.0. The van der Waals surface area contributed by atoms with Gasteiger partial charge in [0.05, 0.1) is 5.41 Å². The van der Waals surface area contributed by atoms with E-state index in [4.69, 9.17) is 0 Å². The molecule has 0 fully saturated rings. The van der Waals surface area contributed by atoms with Crippen molar-refractivity contribution in [3.05, 3.63) is 81.9 Å². The highest BCUT2D eigenvalue weighted by molar-refractivity contribution is 6.82. The lowest BCUT2D eigenvalue weighted by molar-refractivity contribution is 0.0256. The summed E-state index contributed by atoms with van der Waals surface area (Å²) < 4.78 is 0. The van der Waals surface area contributed by atoms with Crippen LogP contribution in [0.15, 0.2) is 48.5 Å². The lowest BCUT2D eigenvalue weighted by Gasteiger charge is -2.62. The maximum absolute atomic E-state index is 17.2. The number of hydrogen-bond acceptors (Lipinski definition) is 1. The highest BCUT2D eigenvalue weighted by Gasteiger charge is 2.75. The molecule has 0 radical (unpaired) electrons. The fourth-order valence-electron chi connectivity index (χ4n) is 26.9. The largest absolute Gasteiger partial charge is 0.321 e. The van der Waals surface area contributed by atoms with Crippen LogP contribution in [0.25, 0.3) is 302 Å². The van der Waals surface area contributed by atoms with Crippen molar-refractivity contribution in [3.63, 3.8) is 0 Å². The Morgan fingerprint density at radius 3 is 0.782 bits per heavy atom. The van der Waals surface area contributed by atoms with Gasteiger partial charge in [0.2, 0.25) is 0 Å². The molecule has 4 aliphatic carbocycles. The number of carbonyl (C=O) groups is 1. The summed E-state index contributed by atoms with van der Waals surface area (Å²) in [6, 6.07) is 18.3. The van der Waals surface area contributed by atoms with Crippen LogP contribution in [0.4, 0.5) is 0 Å². The van der Waals surface area contributed by atoms with Crippen molar-refractivity contribution in [2.24, 2.45) is 0 Å². The van der Waals surface area contributed by atoms with E-state index < -0.39 is 11.0 Å². The van der Waals surface area contributed by atoms with E-state index in [0.717, 1.165) is 5.56 Å². The van der Waals surface area contributed by atoms with Crippen molar-refractivity contribution in [3.8, 4) is 11.1 Å². The Labute approximate surface area is 427 Å². The minimum atomic E-state index is -0.841.